The summed E-state index contributed by atoms with van der Waals surface area (Å²) < 4.78 is 10.3. The summed E-state index contributed by atoms with van der Waals surface area (Å²) >= 11 is 1.96. The van der Waals surface area contributed by atoms with Crippen LogP contribution in [0.4, 0.5) is 0 Å². The summed E-state index contributed by atoms with van der Waals surface area (Å²) in [6, 6.07) is 46.4. The molecule has 4 heteroatoms. The minimum absolute atomic E-state index is 0.0614. The lowest BCUT2D eigenvalue weighted by Gasteiger charge is -2.31. The number of rotatable bonds is 0. The minimum Gasteiger partial charge on any atom is -0.307 e. The molecule has 55 heavy (non-hydrogen) atoms. The monoisotopic (exact) mass is 727 g/mol. The van der Waals surface area contributed by atoms with Crippen molar-refractivity contribution in [2.24, 2.45) is 0 Å². The highest BCUT2D eigenvalue weighted by atomic mass is 32.1. The second kappa shape index (κ2) is 11.1. The van der Waals surface area contributed by atoms with Crippen LogP contribution in [0.1, 0.15) is 62.3 Å². The average Bonchev–Trinajstić information content (AvgIpc) is 3.86. The summed E-state index contributed by atoms with van der Waals surface area (Å²) in [5.74, 6) is 0.352. The minimum atomic E-state index is 0.0614. The van der Waals surface area contributed by atoms with Gasteiger partial charge in [-0.15, -0.1) is 11.3 Å². The Labute approximate surface area is 324 Å². The summed E-state index contributed by atoms with van der Waals surface area (Å²) in [4.78, 5) is 0. The van der Waals surface area contributed by atoms with E-state index in [9.17, 15) is 0 Å². The third kappa shape index (κ3) is 4.26. The maximum Gasteiger partial charge on any atom is 0.218 e. The fourth-order valence-corrected chi connectivity index (χ4v) is 12.0. The van der Waals surface area contributed by atoms with Crippen LogP contribution in [-0.4, -0.2) is 4.40 Å². The average molecular weight is 728 g/mol. The molecule has 5 aromatic carbocycles. The third-order valence-electron chi connectivity index (χ3n) is 13.0. The van der Waals surface area contributed by atoms with Crippen molar-refractivity contribution in [2.45, 2.75) is 57.4 Å². The molecule has 264 valence electrons. The van der Waals surface area contributed by atoms with Crippen LogP contribution in [0.25, 0.3) is 86.5 Å². The number of fused-ring (bicyclic) bond motifs is 19. The van der Waals surface area contributed by atoms with E-state index in [0.717, 1.165) is 25.0 Å². The Kier molecular flexibility index (Phi) is 6.37. The molecule has 0 amide bonds. The predicted octanol–water partition coefficient (Wildman–Crippen LogP) is 12.6. The Balaban J connectivity index is 1.16. The van der Waals surface area contributed by atoms with Crippen LogP contribution in [-0.2, 0) is 11.8 Å². The van der Waals surface area contributed by atoms with E-state index >= 15 is 0 Å². The first-order chi connectivity index (χ1) is 26.8. The Bertz CT molecular complexity index is 3260. The van der Waals surface area contributed by atoms with Gasteiger partial charge in [0.25, 0.3) is 0 Å². The van der Waals surface area contributed by atoms with Gasteiger partial charge in [0.2, 0.25) is 11.4 Å². The van der Waals surface area contributed by atoms with Crippen molar-refractivity contribution in [2.75, 3.05) is 0 Å². The van der Waals surface area contributed by atoms with Gasteiger partial charge in [0.05, 0.1) is 28.5 Å². The summed E-state index contributed by atoms with van der Waals surface area (Å²) in [6.45, 7) is 11.8. The van der Waals surface area contributed by atoms with Gasteiger partial charge >= 0.3 is 0 Å². The standard InChI is InChI=1S/C51H41N3S/c1-30-27-44-34(32-13-5-6-14-33(32)42-19-8-10-26-53(42)44)22-21-31-28-45-40(29-39(31)43-20-7-9-25-52(30)43)36-16-11-15-35-37-23-24-46-47(49(37)54(45)48(35)36)38-17-12-18-41(50(38)55-46)51(2,3)4/h5-20,23-26,28-29,34,44H,1,21-22,27H2,2-4H3/q+2. The van der Waals surface area contributed by atoms with Gasteiger partial charge in [0.1, 0.15) is 0 Å². The highest BCUT2D eigenvalue weighted by Gasteiger charge is 2.42. The Morgan fingerprint density at radius 1 is 0.691 bits per heavy atom. The first-order valence-electron chi connectivity index (χ1n) is 19.7. The molecule has 2 atom stereocenters. The number of pyridine rings is 2. The molecule has 10 aromatic rings. The van der Waals surface area contributed by atoms with E-state index in [1.807, 2.05) is 11.3 Å². The van der Waals surface area contributed by atoms with Gasteiger partial charge < -0.3 is 4.40 Å². The lowest BCUT2D eigenvalue weighted by atomic mass is 9.77. The molecular weight excluding hydrogens is 687 g/mol. The van der Waals surface area contributed by atoms with E-state index < -0.39 is 0 Å². The van der Waals surface area contributed by atoms with Gasteiger partial charge in [0, 0.05) is 77.5 Å². The quantitative estimate of drug-likeness (QED) is 0.138. The van der Waals surface area contributed by atoms with E-state index in [2.05, 4.69) is 168 Å². The topological polar surface area (TPSA) is 12.2 Å². The summed E-state index contributed by atoms with van der Waals surface area (Å²) in [7, 11) is 0. The maximum absolute atomic E-state index is 4.80. The largest absolute Gasteiger partial charge is 0.307 e. The molecule has 0 spiro atoms. The SMILES string of the molecule is C=C1CC2C(CCc3cc4c(cc3-c3cccc[n+]31)c1cccc3c5ccc6sc7c(C(C)(C)C)cccc7c6c5n4c13)c1ccccc1-c1cccc[n+]12. The maximum atomic E-state index is 4.80. The molecule has 0 saturated carbocycles. The fourth-order valence-electron chi connectivity index (χ4n) is 10.6. The molecule has 3 nitrogen and oxygen atoms in total. The van der Waals surface area contributed by atoms with Gasteiger partial charge in [-0.25, -0.2) is 0 Å². The van der Waals surface area contributed by atoms with Gasteiger partial charge in [-0.2, -0.15) is 9.13 Å². The summed E-state index contributed by atoms with van der Waals surface area (Å²) in [5.41, 5.74) is 14.6. The van der Waals surface area contributed by atoms with Crippen molar-refractivity contribution in [1.29, 1.82) is 0 Å². The van der Waals surface area contributed by atoms with Gasteiger partial charge in [-0.1, -0.05) is 81.4 Å². The Morgan fingerprint density at radius 3 is 2.31 bits per heavy atom. The van der Waals surface area contributed by atoms with Crippen LogP contribution in [0.2, 0.25) is 0 Å². The second-order valence-electron chi connectivity index (χ2n) is 17.0. The zero-order chi connectivity index (χ0) is 36.7. The van der Waals surface area contributed by atoms with Crippen molar-refractivity contribution in [3.05, 3.63) is 157 Å². The van der Waals surface area contributed by atoms with Gasteiger partial charge in [0.15, 0.2) is 24.1 Å². The summed E-state index contributed by atoms with van der Waals surface area (Å²) in [5, 5.41) is 8.06. The van der Waals surface area contributed by atoms with Crippen molar-refractivity contribution >= 4 is 75.3 Å². The first kappa shape index (κ1) is 31.5. The molecule has 0 bridgehead atoms. The number of para-hydroxylation sites is 1. The zero-order valence-corrected chi connectivity index (χ0v) is 32.3. The lowest BCUT2D eigenvalue weighted by Crippen LogP contribution is -2.49. The number of hydrogen-bond acceptors (Lipinski definition) is 1. The number of benzene rings is 5. The molecule has 0 fully saturated rings. The highest BCUT2D eigenvalue weighted by Crippen LogP contribution is 2.49. The van der Waals surface area contributed by atoms with E-state index in [1.165, 1.54) is 97.5 Å². The van der Waals surface area contributed by atoms with E-state index in [4.69, 9.17) is 6.58 Å². The van der Waals surface area contributed by atoms with Crippen molar-refractivity contribution in [1.82, 2.24) is 4.40 Å². The van der Waals surface area contributed by atoms with Crippen LogP contribution in [0.5, 0.6) is 0 Å². The molecule has 0 N–H and O–H groups in total. The number of aromatic nitrogens is 3. The lowest BCUT2D eigenvalue weighted by molar-refractivity contribution is -0.720. The van der Waals surface area contributed by atoms with E-state index in [1.54, 1.807) is 0 Å². The van der Waals surface area contributed by atoms with Crippen molar-refractivity contribution in [3.63, 3.8) is 0 Å². The third-order valence-corrected chi connectivity index (χ3v) is 14.2. The predicted molar refractivity (Wildman–Crippen MR) is 230 cm³/mol. The van der Waals surface area contributed by atoms with E-state index in [0.29, 0.717) is 5.92 Å². The van der Waals surface area contributed by atoms with Crippen molar-refractivity contribution in [3.8, 4) is 22.5 Å². The molecule has 5 aromatic heterocycles. The summed E-state index contributed by atoms with van der Waals surface area (Å²) in [6.07, 6.45) is 7.42. The van der Waals surface area contributed by atoms with Crippen LogP contribution in [0.15, 0.2) is 140 Å². The zero-order valence-electron chi connectivity index (χ0n) is 31.4. The smallest absolute Gasteiger partial charge is 0.218 e. The van der Waals surface area contributed by atoms with Crippen LogP contribution in [0.3, 0.4) is 0 Å². The molecule has 12 rings (SSSR count). The highest BCUT2D eigenvalue weighted by molar-refractivity contribution is 7.26. The van der Waals surface area contributed by atoms with Crippen LogP contribution >= 0.6 is 11.3 Å². The molecule has 2 aliphatic heterocycles. The molecule has 0 saturated heterocycles. The molecule has 0 radical (unpaired) electrons. The molecule has 7 heterocycles. The van der Waals surface area contributed by atoms with Gasteiger partial charge in [-0.05, 0) is 77.9 Å². The second-order valence-corrected chi connectivity index (χ2v) is 18.0. The number of hydrogen-bond donors (Lipinski definition) is 0. The normalized spacial score (nSPS) is 17.2. The Hall–Kier alpha value is -5.84. The first-order valence-corrected chi connectivity index (χ1v) is 20.5. The number of aryl methyl sites for hydroxylation is 1. The molecule has 2 unspecified atom stereocenters. The van der Waals surface area contributed by atoms with Gasteiger partial charge in [-0.3, -0.25) is 0 Å². The fraction of sp³-hybridized carbons (Fsp3) is 0.176. The molecule has 2 aliphatic rings. The number of thiophene rings is 1. The van der Waals surface area contributed by atoms with E-state index in [-0.39, 0.29) is 11.5 Å². The van der Waals surface area contributed by atoms with Crippen molar-refractivity contribution < 1.29 is 9.13 Å². The Morgan fingerprint density at radius 2 is 1.44 bits per heavy atom. The van der Waals surface area contributed by atoms with Crippen LogP contribution < -0.4 is 9.13 Å². The van der Waals surface area contributed by atoms with Crippen LogP contribution in [0, 0.1) is 0 Å². The molecule has 0 aliphatic carbocycles. The molecular formula is C51H41N3S+2. The number of nitrogens with zero attached hydrogens (tertiary/aromatic N) is 3. The number of allylic oxidation sites excluding steroid dienone is 1.